The van der Waals surface area contributed by atoms with Crippen molar-refractivity contribution in [3.05, 3.63) is 34.9 Å². The molecule has 0 amide bonds. The summed E-state index contributed by atoms with van der Waals surface area (Å²) in [6.45, 7) is 0.178. The van der Waals surface area contributed by atoms with Gasteiger partial charge in [-0.05, 0) is 17.7 Å². The van der Waals surface area contributed by atoms with Crippen LogP contribution in [0.25, 0.3) is 0 Å². The van der Waals surface area contributed by atoms with Gasteiger partial charge in [-0.25, -0.2) is 4.79 Å². The molecule has 6 heteroatoms. The summed E-state index contributed by atoms with van der Waals surface area (Å²) in [5.41, 5.74) is 0.677. The Morgan fingerprint density at radius 1 is 1.39 bits per heavy atom. The number of halogens is 1. The third kappa shape index (κ3) is 4.35. The fourth-order valence-corrected chi connectivity index (χ4v) is 1.56. The number of ether oxygens (including phenoxy) is 1. The molecule has 0 saturated heterocycles. The summed E-state index contributed by atoms with van der Waals surface area (Å²) in [5, 5.41) is 12.0. The molecule has 18 heavy (non-hydrogen) atoms. The number of carboxylic acid groups (broad SMARTS) is 1. The highest BCUT2D eigenvalue weighted by atomic mass is 35.5. The van der Waals surface area contributed by atoms with E-state index in [9.17, 15) is 9.59 Å². The summed E-state index contributed by atoms with van der Waals surface area (Å²) in [5.74, 6) is -1.40. The maximum Gasteiger partial charge on any atom is 0.327 e. The Morgan fingerprint density at radius 2 is 2.00 bits per heavy atom. The number of rotatable bonds is 6. The molecule has 98 valence electrons. The topological polar surface area (TPSA) is 75.6 Å². The van der Waals surface area contributed by atoms with E-state index in [1.54, 1.807) is 24.3 Å². The number of carboxylic acids is 1. The molecule has 1 aromatic carbocycles. The highest BCUT2D eigenvalue weighted by molar-refractivity contribution is 6.30. The maximum absolute atomic E-state index is 11.6. The van der Waals surface area contributed by atoms with Gasteiger partial charge >= 0.3 is 11.9 Å². The average Bonchev–Trinajstić information content (AvgIpc) is 2.35. The molecule has 0 aliphatic carbocycles. The van der Waals surface area contributed by atoms with Gasteiger partial charge in [-0.3, -0.25) is 4.79 Å². The Labute approximate surface area is 110 Å². The van der Waals surface area contributed by atoms with Crippen LogP contribution < -0.4 is 5.32 Å². The first kappa shape index (κ1) is 14.5. The number of esters is 1. The van der Waals surface area contributed by atoms with E-state index in [-0.39, 0.29) is 13.0 Å². The molecule has 0 bridgehead atoms. The number of aliphatic carboxylic acids is 1. The molecule has 0 fully saturated rings. The number of carbonyl (C=O) groups excluding carboxylic acids is 1. The number of hydrogen-bond donors (Lipinski definition) is 2. The van der Waals surface area contributed by atoms with Gasteiger partial charge in [0.15, 0.2) is 0 Å². The molecule has 0 saturated carbocycles. The third-order valence-electron chi connectivity index (χ3n) is 2.33. The highest BCUT2D eigenvalue weighted by Crippen LogP contribution is 2.17. The van der Waals surface area contributed by atoms with Gasteiger partial charge in [0.1, 0.15) is 6.04 Å². The van der Waals surface area contributed by atoms with Gasteiger partial charge in [0.2, 0.25) is 0 Å². The van der Waals surface area contributed by atoms with Gasteiger partial charge in [0.25, 0.3) is 0 Å². The van der Waals surface area contributed by atoms with Gasteiger partial charge in [-0.15, -0.1) is 0 Å². The second kappa shape index (κ2) is 6.98. The van der Waals surface area contributed by atoms with Crippen LogP contribution in [-0.4, -0.2) is 30.7 Å². The molecule has 0 aliphatic rings. The molecule has 1 unspecified atom stereocenters. The van der Waals surface area contributed by atoms with Gasteiger partial charge in [0.05, 0.1) is 13.5 Å². The monoisotopic (exact) mass is 271 g/mol. The summed E-state index contributed by atoms with van der Waals surface area (Å²) in [6.07, 6.45) is -0.0684. The van der Waals surface area contributed by atoms with Crippen molar-refractivity contribution < 1.29 is 19.4 Å². The first-order chi connectivity index (χ1) is 8.54. The second-order valence-electron chi connectivity index (χ2n) is 3.61. The van der Waals surface area contributed by atoms with Crippen LogP contribution in [0.1, 0.15) is 18.0 Å². The SMILES string of the molecule is COC(=O)C(NCCC(=O)O)c1ccc(Cl)cc1. The second-order valence-corrected chi connectivity index (χ2v) is 4.04. The van der Waals surface area contributed by atoms with E-state index < -0.39 is 18.0 Å². The molecule has 0 spiro atoms. The molecule has 0 heterocycles. The highest BCUT2D eigenvalue weighted by Gasteiger charge is 2.20. The van der Waals surface area contributed by atoms with E-state index in [2.05, 4.69) is 10.1 Å². The number of carbonyl (C=O) groups is 2. The van der Waals surface area contributed by atoms with Crippen LogP contribution >= 0.6 is 11.6 Å². The zero-order valence-corrected chi connectivity index (χ0v) is 10.6. The summed E-state index contributed by atoms with van der Waals surface area (Å²) < 4.78 is 4.67. The molecular weight excluding hydrogens is 258 g/mol. The lowest BCUT2D eigenvalue weighted by atomic mass is 10.1. The molecule has 2 N–H and O–H groups in total. The molecular formula is C12H14ClNO4. The zero-order valence-electron chi connectivity index (χ0n) is 9.85. The van der Waals surface area contributed by atoms with E-state index in [0.29, 0.717) is 10.6 Å². The van der Waals surface area contributed by atoms with Gasteiger partial charge in [0, 0.05) is 11.6 Å². The van der Waals surface area contributed by atoms with E-state index >= 15 is 0 Å². The largest absolute Gasteiger partial charge is 0.481 e. The Morgan fingerprint density at radius 3 is 2.50 bits per heavy atom. The molecule has 0 radical (unpaired) electrons. The van der Waals surface area contributed by atoms with Crippen LogP contribution in [-0.2, 0) is 14.3 Å². The molecule has 1 rings (SSSR count). The van der Waals surface area contributed by atoms with Gasteiger partial charge < -0.3 is 15.2 Å². The lowest BCUT2D eigenvalue weighted by Gasteiger charge is -2.16. The summed E-state index contributed by atoms with van der Waals surface area (Å²) in [4.78, 5) is 22.0. The number of benzene rings is 1. The molecule has 5 nitrogen and oxygen atoms in total. The van der Waals surface area contributed by atoms with Gasteiger partial charge in [-0.2, -0.15) is 0 Å². The summed E-state index contributed by atoms with van der Waals surface area (Å²) in [7, 11) is 1.28. The van der Waals surface area contributed by atoms with Crippen LogP contribution in [0, 0.1) is 0 Å². The Bertz CT molecular complexity index is 419. The number of nitrogens with one attached hydrogen (secondary N) is 1. The van der Waals surface area contributed by atoms with Crippen molar-refractivity contribution >= 4 is 23.5 Å². The summed E-state index contributed by atoms with van der Waals surface area (Å²) in [6, 6.07) is 6.01. The molecule has 0 aliphatic heterocycles. The normalized spacial score (nSPS) is 11.9. The zero-order chi connectivity index (χ0) is 13.5. The van der Waals surface area contributed by atoms with Crippen LogP contribution in [0.4, 0.5) is 0 Å². The smallest absolute Gasteiger partial charge is 0.327 e. The Kier molecular flexibility index (Phi) is 5.61. The molecule has 1 atom stereocenters. The van der Waals surface area contributed by atoms with Crippen molar-refractivity contribution in [3.63, 3.8) is 0 Å². The van der Waals surface area contributed by atoms with Crippen molar-refractivity contribution in [3.8, 4) is 0 Å². The number of methoxy groups -OCH3 is 1. The minimum atomic E-state index is -0.928. The minimum absolute atomic E-state index is 0.0684. The van der Waals surface area contributed by atoms with Crippen molar-refractivity contribution in [2.24, 2.45) is 0 Å². The van der Waals surface area contributed by atoms with E-state index in [1.165, 1.54) is 7.11 Å². The molecule has 1 aromatic rings. The van der Waals surface area contributed by atoms with E-state index in [0.717, 1.165) is 0 Å². The van der Waals surface area contributed by atoms with Crippen LogP contribution in [0.3, 0.4) is 0 Å². The first-order valence-electron chi connectivity index (χ1n) is 5.33. The van der Waals surface area contributed by atoms with Crippen molar-refractivity contribution in [2.75, 3.05) is 13.7 Å². The van der Waals surface area contributed by atoms with Crippen molar-refractivity contribution in [1.82, 2.24) is 5.32 Å². The van der Waals surface area contributed by atoms with Crippen molar-refractivity contribution in [1.29, 1.82) is 0 Å². The average molecular weight is 272 g/mol. The Balaban J connectivity index is 2.75. The van der Waals surface area contributed by atoms with Crippen LogP contribution in [0.2, 0.25) is 5.02 Å². The van der Waals surface area contributed by atoms with Crippen LogP contribution in [0.5, 0.6) is 0 Å². The maximum atomic E-state index is 11.6. The third-order valence-corrected chi connectivity index (χ3v) is 2.58. The predicted molar refractivity (Wildman–Crippen MR) is 66.5 cm³/mol. The first-order valence-corrected chi connectivity index (χ1v) is 5.71. The predicted octanol–water partition coefficient (Wildman–Crippen LogP) is 1.62. The van der Waals surface area contributed by atoms with E-state index in [1.807, 2.05) is 0 Å². The lowest BCUT2D eigenvalue weighted by molar-refractivity contribution is -0.144. The standard InChI is InChI=1S/C12H14ClNO4/c1-18-12(17)11(14-7-6-10(15)16)8-2-4-9(13)5-3-8/h2-5,11,14H,6-7H2,1H3,(H,15,16). The Hall–Kier alpha value is -1.59. The quantitative estimate of drug-likeness (QED) is 0.769. The van der Waals surface area contributed by atoms with Gasteiger partial charge in [-0.1, -0.05) is 23.7 Å². The fraction of sp³-hybridized carbons (Fsp3) is 0.333. The fourth-order valence-electron chi connectivity index (χ4n) is 1.43. The lowest BCUT2D eigenvalue weighted by Crippen LogP contribution is -2.31. The van der Waals surface area contributed by atoms with Crippen LogP contribution in [0.15, 0.2) is 24.3 Å². The summed E-state index contributed by atoms with van der Waals surface area (Å²) >= 11 is 5.76. The number of hydrogen-bond acceptors (Lipinski definition) is 4. The van der Waals surface area contributed by atoms with E-state index in [4.69, 9.17) is 16.7 Å². The minimum Gasteiger partial charge on any atom is -0.481 e. The molecule has 0 aromatic heterocycles. The van der Waals surface area contributed by atoms with Crippen molar-refractivity contribution in [2.45, 2.75) is 12.5 Å².